The number of hydrogen-bond donors (Lipinski definition) is 3. The van der Waals surface area contributed by atoms with E-state index in [1.807, 2.05) is 14.1 Å². The molecule has 0 aliphatic carbocycles. The minimum atomic E-state index is 0.220. The number of allylic oxidation sites excluding steroid dienone is 2. The molecule has 13 heavy (non-hydrogen) atoms. The van der Waals surface area contributed by atoms with E-state index in [9.17, 15) is 0 Å². The minimum Gasteiger partial charge on any atom is -0.389 e. The van der Waals surface area contributed by atoms with E-state index in [4.69, 9.17) is 23.1 Å². The van der Waals surface area contributed by atoms with Gasteiger partial charge < -0.3 is 21.7 Å². The zero-order valence-electron chi connectivity index (χ0n) is 8.05. The molecule has 0 aliphatic rings. The molecule has 0 rings (SSSR count). The van der Waals surface area contributed by atoms with Crippen LogP contribution >= 0.6 is 11.6 Å². The van der Waals surface area contributed by atoms with E-state index in [0.717, 1.165) is 13.1 Å². The maximum Gasteiger partial charge on any atom is 0.0993 e. The standard InChI is InChI=1S/C8H17ClN4/c1-13(2)6-5-12-8(11)4-3-7(9)10/h3-4,12H,5-6,10-11H2,1-2H3/b7-3-,8-4+. The van der Waals surface area contributed by atoms with Gasteiger partial charge in [-0.25, -0.2) is 0 Å². The Balaban J connectivity index is 3.68. The van der Waals surface area contributed by atoms with Gasteiger partial charge in [0.05, 0.1) is 11.0 Å². The molecule has 0 aromatic rings. The fourth-order valence-electron chi connectivity index (χ4n) is 0.652. The first-order chi connectivity index (χ1) is 6.02. The van der Waals surface area contributed by atoms with Crippen LogP contribution in [0.25, 0.3) is 0 Å². The first-order valence-electron chi connectivity index (χ1n) is 3.99. The van der Waals surface area contributed by atoms with E-state index < -0.39 is 0 Å². The number of nitrogens with one attached hydrogen (secondary N) is 1. The van der Waals surface area contributed by atoms with E-state index in [1.54, 1.807) is 12.2 Å². The van der Waals surface area contributed by atoms with Gasteiger partial charge in [0, 0.05) is 13.1 Å². The second kappa shape index (κ2) is 6.62. The molecule has 0 saturated carbocycles. The highest BCUT2D eigenvalue weighted by atomic mass is 35.5. The van der Waals surface area contributed by atoms with Gasteiger partial charge in [-0.15, -0.1) is 0 Å². The number of halogens is 1. The van der Waals surface area contributed by atoms with Crippen LogP contribution in [0, 0.1) is 0 Å². The summed E-state index contributed by atoms with van der Waals surface area (Å²) in [5.74, 6) is 0.561. The molecular formula is C8H17ClN4. The van der Waals surface area contributed by atoms with Crippen molar-refractivity contribution in [2.45, 2.75) is 0 Å². The van der Waals surface area contributed by atoms with Crippen LogP contribution in [0.15, 0.2) is 23.1 Å². The predicted octanol–water partition coefficient (Wildman–Crippen LogP) is -0.0234. The summed E-state index contributed by atoms with van der Waals surface area (Å²) in [5, 5.41) is 3.23. The average molecular weight is 205 g/mol. The third-order valence-corrected chi connectivity index (χ3v) is 1.44. The second-order valence-corrected chi connectivity index (χ2v) is 3.34. The van der Waals surface area contributed by atoms with Crippen molar-refractivity contribution in [1.82, 2.24) is 10.2 Å². The van der Waals surface area contributed by atoms with Crippen LogP contribution in [0.2, 0.25) is 0 Å². The van der Waals surface area contributed by atoms with Crippen LogP contribution in [-0.4, -0.2) is 32.1 Å². The van der Waals surface area contributed by atoms with Crippen molar-refractivity contribution in [3.8, 4) is 0 Å². The number of nitrogens with zero attached hydrogens (tertiary/aromatic N) is 1. The number of nitrogens with two attached hydrogens (primary N) is 2. The van der Waals surface area contributed by atoms with Crippen molar-refractivity contribution >= 4 is 11.6 Å². The Hall–Kier alpha value is -0.870. The largest absolute Gasteiger partial charge is 0.389 e. The van der Waals surface area contributed by atoms with Crippen molar-refractivity contribution in [1.29, 1.82) is 0 Å². The highest BCUT2D eigenvalue weighted by Gasteiger charge is 1.90. The van der Waals surface area contributed by atoms with Gasteiger partial charge in [-0.2, -0.15) is 0 Å². The Morgan fingerprint density at radius 2 is 2.00 bits per heavy atom. The van der Waals surface area contributed by atoms with E-state index in [2.05, 4.69) is 10.2 Å². The van der Waals surface area contributed by atoms with Gasteiger partial charge in [0.15, 0.2) is 0 Å². The summed E-state index contributed by atoms with van der Waals surface area (Å²) >= 11 is 5.41. The van der Waals surface area contributed by atoms with E-state index in [0.29, 0.717) is 5.82 Å². The van der Waals surface area contributed by atoms with Gasteiger partial charge in [0.25, 0.3) is 0 Å². The first-order valence-corrected chi connectivity index (χ1v) is 4.37. The summed E-state index contributed by atoms with van der Waals surface area (Å²) in [5.41, 5.74) is 10.8. The summed E-state index contributed by atoms with van der Waals surface area (Å²) in [6, 6.07) is 0. The van der Waals surface area contributed by atoms with Crippen molar-refractivity contribution in [2.75, 3.05) is 27.2 Å². The van der Waals surface area contributed by atoms with Gasteiger partial charge in [0.1, 0.15) is 0 Å². The summed E-state index contributed by atoms with van der Waals surface area (Å²) in [6.07, 6.45) is 3.18. The molecule has 0 amide bonds. The molecule has 5 heteroatoms. The lowest BCUT2D eigenvalue weighted by Gasteiger charge is -2.10. The molecule has 0 radical (unpaired) electrons. The van der Waals surface area contributed by atoms with Crippen LogP contribution in [0.5, 0.6) is 0 Å². The summed E-state index contributed by atoms with van der Waals surface area (Å²) in [4.78, 5) is 2.06. The Morgan fingerprint density at radius 1 is 1.38 bits per heavy atom. The zero-order chi connectivity index (χ0) is 10.3. The van der Waals surface area contributed by atoms with E-state index >= 15 is 0 Å². The molecule has 5 N–H and O–H groups in total. The SMILES string of the molecule is CN(C)CCN/C(N)=C/C=C(\N)Cl. The van der Waals surface area contributed by atoms with Crippen LogP contribution < -0.4 is 16.8 Å². The second-order valence-electron chi connectivity index (χ2n) is 2.90. The summed E-state index contributed by atoms with van der Waals surface area (Å²) < 4.78 is 0. The molecule has 76 valence electrons. The fourth-order valence-corrected chi connectivity index (χ4v) is 0.715. The number of likely N-dealkylation sites (N-methyl/N-ethyl adjacent to an activating group) is 1. The third kappa shape index (κ3) is 9.04. The van der Waals surface area contributed by atoms with Crippen LogP contribution in [0.1, 0.15) is 0 Å². The van der Waals surface area contributed by atoms with Gasteiger partial charge in [-0.1, -0.05) is 11.6 Å². The zero-order valence-corrected chi connectivity index (χ0v) is 8.80. The Kier molecular flexibility index (Phi) is 6.18. The minimum absolute atomic E-state index is 0.220. The molecule has 4 nitrogen and oxygen atoms in total. The van der Waals surface area contributed by atoms with Gasteiger partial charge >= 0.3 is 0 Å². The van der Waals surface area contributed by atoms with Crippen molar-refractivity contribution in [3.63, 3.8) is 0 Å². The van der Waals surface area contributed by atoms with Crippen molar-refractivity contribution in [2.24, 2.45) is 11.5 Å². The highest BCUT2D eigenvalue weighted by molar-refractivity contribution is 6.29. The van der Waals surface area contributed by atoms with Crippen LogP contribution in [0.4, 0.5) is 0 Å². The topological polar surface area (TPSA) is 67.3 Å². The maximum atomic E-state index is 5.58. The lowest BCUT2D eigenvalue weighted by Crippen LogP contribution is -2.28. The van der Waals surface area contributed by atoms with Gasteiger partial charge in [-0.3, -0.25) is 0 Å². The number of rotatable bonds is 5. The molecular weight excluding hydrogens is 188 g/mol. The molecule has 0 spiro atoms. The predicted molar refractivity (Wildman–Crippen MR) is 57.0 cm³/mol. The molecule has 0 aromatic heterocycles. The lowest BCUT2D eigenvalue weighted by atomic mass is 10.5. The summed E-state index contributed by atoms with van der Waals surface area (Å²) in [7, 11) is 4.00. The molecule has 0 heterocycles. The van der Waals surface area contributed by atoms with Crippen molar-refractivity contribution in [3.05, 3.63) is 23.1 Å². The van der Waals surface area contributed by atoms with Crippen LogP contribution in [-0.2, 0) is 0 Å². The normalized spacial score (nSPS) is 13.5. The fraction of sp³-hybridized carbons (Fsp3) is 0.500. The maximum absolute atomic E-state index is 5.58. The van der Waals surface area contributed by atoms with Crippen LogP contribution in [0.3, 0.4) is 0 Å². The smallest absolute Gasteiger partial charge is 0.0993 e. The summed E-state index contributed by atoms with van der Waals surface area (Å²) in [6.45, 7) is 1.72. The van der Waals surface area contributed by atoms with Crippen molar-refractivity contribution < 1.29 is 0 Å². The first kappa shape index (κ1) is 12.1. The van der Waals surface area contributed by atoms with E-state index in [-0.39, 0.29) is 5.16 Å². The Labute approximate surface area is 84.2 Å². The molecule has 0 unspecified atom stereocenters. The quantitative estimate of drug-likeness (QED) is 0.435. The Bertz CT molecular complexity index is 194. The average Bonchev–Trinajstić information content (AvgIpc) is 2.00. The molecule has 0 saturated heterocycles. The van der Waals surface area contributed by atoms with Gasteiger partial charge in [0.2, 0.25) is 0 Å². The third-order valence-electron chi connectivity index (χ3n) is 1.31. The monoisotopic (exact) mass is 204 g/mol. The molecule has 0 fully saturated rings. The lowest BCUT2D eigenvalue weighted by molar-refractivity contribution is 0.407. The number of hydrogen-bond acceptors (Lipinski definition) is 4. The highest BCUT2D eigenvalue weighted by Crippen LogP contribution is 1.90. The molecule has 0 aromatic carbocycles. The van der Waals surface area contributed by atoms with E-state index in [1.165, 1.54) is 0 Å². The molecule has 0 aliphatic heterocycles. The molecule has 0 atom stereocenters. The molecule has 0 bridgehead atoms. The Morgan fingerprint density at radius 3 is 2.46 bits per heavy atom. The van der Waals surface area contributed by atoms with Gasteiger partial charge in [-0.05, 0) is 26.2 Å².